The van der Waals surface area contributed by atoms with Gasteiger partial charge in [-0.25, -0.2) is 4.39 Å². The predicted octanol–water partition coefficient (Wildman–Crippen LogP) is 1.53. The second-order valence-electron chi connectivity index (χ2n) is 5.31. The molecule has 1 amide bonds. The van der Waals surface area contributed by atoms with Gasteiger partial charge >= 0.3 is 5.97 Å². The molecule has 0 bridgehead atoms. The highest BCUT2D eigenvalue weighted by atomic mass is 19.1. The van der Waals surface area contributed by atoms with E-state index in [1.165, 1.54) is 29.2 Å². The number of halogens is 1. The van der Waals surface area contributed by atoms with Crippen LogP contribution >= 0.6 is 0 Å². The molecule has 20 heavy (non-hydrogen) atoms. The van der Waals surface area contributed by atoms with Crippen molar-refractivity contribution in [3.8, 4) is 5.75 Å². The number of hydrogen-bond acceptors (Lipinski definition) is 3. The van der Waals surface area contributed by atoms with Crippen LogP contribution in [0.15, 0.2) is 24.3 Å². The maximum atomic E-state index is 12.8. The van der Waals surface area contributed by atoms with Crippen LogP contribution < -0.4 is 4.74 Å². The van der Waals surface area contributed by atoms with Crippen LogP contribution in [0.1, 0.15) is 13.8 Å². The number of carbonyl (C=O) groups excluding carboxylic acids is 1. The monoisotopic (exact) mass is 281 g/mol. The second kappa shape index (κ2) is 5.11. The first-order valence-corrected chi connectivity index (χ1v) is 6.26. The van der Waals surface area contributed by atoms with Crippen molar-refractivity contribution in [3.05, 3.63) is 30.1 Å². The lowest BCUT2D eigenvalue weighted by molar-refractivity contribution is -0.160. The highest BCUT2D eigenvalue weighted by Gasteiger charge is 2.42. The molecule has 0 aliphatic carbocycles. The summed E-state index contributed by atoms with van der Waals surface area (Å²) in [6.07, 6.45) is 0. The number of benzene rings is 1. The van der Waals surface area contributed by atoms with E-state index in [9.17, 15) is 14.0 Å². The molecule has 0 spiro atoms. The molecule has 6 heteroatoms. The van der Waals surface area contributed by atoms with Gasteiger partial charge in [-0.2, -0.15) is 0 Å². The normalized spacial score (nSPS) is 15.7. The van der Waals surface area contributed by atoms with Crippen LogP contribution in [-0.2, 0) is 9.59 Å². The molecule has 0 atom stereocenters. The van der Waals surface area contributed by atoms with Crippen LogP contribution in [0.2, 0.25) is 0 Å². The Kier molecular flexibility index (Phi) is 3.65. The third-order valence-corrected chi connectivity index (χ3v) is 3.22. The molecular formula is C14H16FNO4. The van der Waals surface area contributed by atoms with Gasteiger partial charge < -0.3 is 14.7 Å². The Morgan fingerprint density at radius 2 is 1.85 bits per heavy atom. The van der Waals surface area contributed by atoms with Crippen molar-refractivity contribution in [2.45, 2.75) is 19.4 Å². The molecule has 2 rings (SSSR count). The quantitative estimate of drug-likeness (QED) is 0.908. The molecule has 1 aliphatic rings. The minimum absolute atomic E-state index is 0.199. The first-order valence-electron chi connectivity index (χ1n) is 6.26. The van der Waals surface area contributed by atoms with E-state index in [-0.39, 0.29) is 24.8 Å². The highest BCUT2D eigenvalue weighted by molar-refractivity contribution is 5.87. The molecule has 0 saturated carbocycles. The number of amides is 1. The molecule has 1 N–H and O–H groups in total. The summed E-state index contributed by atoms with van der Waals surface area (Å²) in [4.78, 5) is 24.4. The van der Waals surface area contributed by atoms with E-state index in [2.05, 4.69) is 0 Å². The highest BCUT2D eigenvalue weighted by Crippen LogP contribution is 2.24. The third kappa shape index (κ3) is 2.89. The van der Waals surface area contributed by atoms with Gasteiger partial charge in [-0.05, 0) is 38.1 Å². The Morgan fingerprint density at radius 1 is 1.30 bits per heavy atom. The van der Waals surface area contributed by atoms with Crippen molar-refractivity contribution in [1.82, 2.24) is 4.90 Å². The smallest absolute Gasteiger partial charge is 0.310 e. The molecule has 0 aromatic heterocycles. The summed E-state index contributed by atoms with van der Waals surface area (Å²) >= 11 is 0. The summed E-state index contributed by atoms with van der Waals surface area (Å²) in [6, 6.07) is 5.39. The summed E-state index contributed by atoms with van der Waals surface area (Å²) in [7, 11) is 0. The Hall–Kier alpha value is -2.11. The van der Waals surface area contributed by atoms with Gasteiger partial charge in [0.15, 0.2) is 5.60 Å². The molecule has 108 valence electrons. The molecule has 0 radical (unpaired) electrons. The van der Waals surface area contributed by atoms with Crippen molar-refractivity contribution >= 4 is 11.9 Å². The van der Waals surface area contributed by atoms with E-state index >= 15 is 0 Å². The van der Waals surface area contributed by atoms with Crippen molar-refractivity contribution in [2.75, 3.05) is 13.1 Å². The summed E-state index contributed by atoms with van der Waals surface area (Å²) in [5, 5.41) is 8.79. The van der Waals surface area contributed by atoms with Crippen LogP contribution in [-0.4, -0.2) is 40.6 Å². The number of nitrogens with zero attached hydrogens (tertiary/aromatic N) is 1. The fraction of sp³-hybridized carbons (Fsp3) is 0.429. The lowest BCUT2D eigenvalue weighted by Gasteiger charge is -2.41. The number of carboxylic acids is 1. The summed E-state index contributed by atoms with van der Waals surface area (Å²) in [5.74, 6) is -1.67. The van der Waals surface area contributed by atoms with Gasteiger partial charge in [0.05, 0.1) is 5.92 Å². The summed E-state index contributed by atoms with van der Waals surface area (Å²) in [5.41, 5.74) is -1.12. The van der Waals surface area contributed by atoms with E-state index in [1.807, 2.05) is 0 Å². The molecule has 5 nitrogen and oxygen atoms in total. The van der Waals surface area contributed by atoms with E-state index in [0.29, 0.717) is 5.75 Å². The molecule has 1 aromatic carbocycles. The number of likely N-dealkylation sites (tertiary alicyclic amines) is 1. The molecule has 1 fully saturated rings. The number of carboxylic acid groups (broad SMARTS) is 1. The van der Waals surface area contributed by atoms with Gasteiger partial charge in [-0.1, -0.05) is 0 Å². The Morgan fingerprint density at radius 3 is 2.35 bits per heavy atom. The average molecular weight is 281 g/mol. The zero-order valence-corrected chi connectivity index (χ0v) is 11.3. The maximum Gasteiger partial charge on any atom is 0.310 e. The molecule has 0 unspecified atom stereocenters. The standard InChI is InChI=1S/C14H16FNO4/c1-14(2,20-11-5-3-10(15)4-6-11)13(19)16-7-9(8-16)12(17)18/h3-6,9H,7-8H2,1-2H3,(H,17,18). The molecule has 1 aliphatic heterocycles. The lowest BCUT2D eigenvalue weighted by Crippen LogP contribution is -2.59. The van der Waals surface area contributed by atoms with E-state index < -0.39 is 17.5 Å². The third-order valence-electron chi connectivity index (χ3n) is 3.22. The molecule has 1 aromatic rings. The largest absolute Gasteiger partial charge is 0.481 e. The van der Waals surface area contributed by atoms with Gasteiger partial charge in [0.2, 0.25) is 0 Å². The topological polar surface area (TPSA) is 66.8 Å². The molecular weight excluding hydrogens is 265 g/mol. The van der Waals surface area contributed by atoms with E-state index in [1.54, 1.807) is 13.8 Å². The second-order valence-corrected chi connectivity index (χ2v) is 5.31. The first-order chi connectivity index (χ1) is 9.29. The predicted molar refractivity (Wildman–Crippen MR) is 68.8 cm³/mol. The minimum Gasteiger partial charge on any atom is -0.481 e. The Bertz CT molecular complexity index is 520. The zero-order chi connectivity index (χ0) is 14.9. The van der Waals surface area contributed by atoms with Crippen LogP contribution in [0.5, 0.6) is 5.75 Å². The fourth-order valence-corrected chi connectivity index (χ4v) is 2.02. The van der Waals surface area contributed by atoms with Crippen LogP contribution in [0.25, 0.3) is 0 Å². The fourth-order valence-electron chi connectivity index (χ4n) is 2.02. The van der Waals surface area contributed by atoms with Crippen molar-refractivity contribution < 1.29 is 23.8 Å². The van der Waals surface area contributed by atoms with Gasteiger partial charge in [0.25, 0.3) is 5.91 Å². The number of ether oxygens (including phenoxy) is 1. The van der Waals surface area contributed by atoms with E-state index in [4.69, 9.17) is 9.84 Å². The van der Waals surface area contributed by atoms with Crippen molar-refractivity contribution in [2.24, 2.45) is 5.92 Å². The van der Waals surface area contributed by atoms with Crippen LogP contribution in [0.3, 0.4) is 0 Å². The average Bonchev–Trinajstić information content (AvgIpc) is 2.29. The van der Waals surface area contributed by atoms with Crippen LogP contribution in [0.4, 0.5) is 4.39 Å². The molecule has 1 heterocycles. The molecule has 1 saturated heterocycles. The minimum atomic E-state index is -1.12. The van der Waals surface area contributed by atoms with Gasteiger partial charge in [-0.15, -0.1) is 0 Å². The van der Waals surface area contributed by atoms with Gasteiger partial charge in [0, 0.05) is 13.1 Å². The first kappa shape index (κ1) is 14.3. The summed E-state index contributed by atoms with van der Waals surface area (Å²) in [6.45, 7) is 3.61. The van der Waals surface area contributed by atoms with Gasteiger partial charge in [-0.3, -0.25) is 9.59 Å². The Balaban J connectivity index is 1.98. The van der Waals surface area contributed by atoms with Crippen molar-refractivity contribution in [3.63, 3.8) is 0 Å². The van der Waals surface area contributed by atoms with Crippen molar-refractivity contribution in [1.29, 1.82) is 0 Å². The number of aliphatic carboxylic acids is 1. The zero-order valence-electron chi connectivity index (χ0n) is 11.3. The number of carbonyl (C=O) groups is 2. The summed E-state index contributed by atoms with van der Waals surface area (Å²) < 4.78 is 18.4. The van der Waals surface area contributed by atoms with E-state index in [0.717, 1.165) is 0 Å². The number of hydrogen-bond donors (Lipinski definition) is 1. The SMILES string of the molecule is CC(C)(Oc1ccc(F)cc1)C(=O)N1CC(C(=O)O)C1. The number of rotatable bonds is 4. The lowest BCUT2D eigenvalue weighted by atomic mass is 9.97. The maximum absolute atomic E-state index is 12.8. The van der Waals surface area contributed by atoms with Crippen LogP contribution in [0, 0.1) is 11.7 Å². The Labute approximate surface area is 116 Å². The van der Waals surface area contributed by atoms with Gasteiger partial charge in [0.1, 0.15) is 11.6 Å².